The fourth-order valence-electron chi connectivity index (χ4n) is 3.60. The van der Waals surface area contributed by atoms with Crippen molar-refractivity contribution in [2.24, 2.45) is 5.73 Å². The summed E-state index contributed by atoms with van der Waals surface area (Å²) in [5.41, 5.74) is 7.66. The van der Waals surface area contributed by atoms with E-state index in [0.29, 0.717) is 22.4 Å². The normalized spacial score (nSPS) is 10.9. The first kappa shape index (κ1) is 22.3. The van der Waals surface area contributed by atoms with Crippen molar-refractivity contribution in [2.45, 2.75) is 13.5 Å². The molecule has 0 atom stereocenters. The summed E-state index contributed by atoms with van der Waals surface area (Å²) in [4.78, 5) is 54.1. The van der Waals surface area contributed by atoms with Gasteiger partial charge in [-0.15, -0.1) is 0 Å². The third kappa shape index (κ3) is 4.21. The quantitative estimate of drug-likeness (QED) is 0.341. The Labute approximate surface area is 191 Å². The van der Waals surface area contributed by atoms with E-state index in [1.165, 1.54) is 29.2 Å². The van der Waals surface area contributed by atoms with Gasteiger partial charge in [-0.3, -0.25) is 9.69 Å². The summed E-state index contributed by atoms with van der Waals surface area (Å²) in [6.45, 7) is 1.97. The first-order valence-corrected chi connectivity index (χ1v) is 9.99. The minimum atomic E-state index is -1.42. The molecule has 0 saturated heterocycles. The summed E-state index contributed by atoms with van der Waals surface area (Å²) in [5.74, 6) is -2.49. The van der Waals surface area contributed by atoms with E-state index in [9.17, 15) is 24.3 Å². The Bertz CT molecular complexity index is 1500. The molecule has 2 amide bonds. The van der Waals surface area contributed by atoms with Gasteiger partial charge < -0.3 is 25.5 Å². The van der Waals surface area contributed by atoms with E-state index in [4.69, 9.17) is 10.8 Å². The molecule has 2 aromatic heterocycles. The number of benzene rings is 2. The van der Waals surface area contributed by atoms with Gasteiger partial charge >= 0.3 is 18.0 Å². The van der Waals surface area contributed by atoms with Gasteiger partial charge in [0.05, 0.1) is 28.8 Å². The van der Waals surface area contributed by atoms with E-state index in [2.05, 4.69) is 9.97 Å². The molecule has 0 aliphatic rings. The number of carbonyl (C=O) groups excluding carboxylic acids is 1. The second-order valence-corrected chi connectivity index (χ2v) is 7.58. The number of amides is 2. The van der Waals surface area contributed by atoms with Crippen LogP contribution in [0.4, 0.5) is 10.5 Å². The molecular formula is C23H19N5O6. The number of aromatic amines is 1. The Morgan fingerprint density at radius 3 is 2.41 bits per heavy atom. The number of fused-ring (bicyclic) bond motifs is 1. The van der Waals surface area contributed by atoms with Crippen LogP contribution >= 0.6 is 0 Å². The van der Waals surface area contributed by atoms with Crippen LogP contribution in [0.25, 0.3) is 16.7 Å². The van der Waals surface area contributed by atoms with Crippen LogP contribution in [0, 0.1) is 6.92 Å². The van der Waals surface area contributed by atoms with Crippen molar-refractivity contribution in [1.82, 2.24) is 14.5 Å². The molecule has 0 saturated carbocycles. The van der Waals surface area contributed by atoms with E-state index in [1.54, 1.807) is 35.2 Å². The highest BCUT2D eigenvalue weighted by molar-refractivity contribution is 5.92. The molecule has 5 N–H and O–H groups in total. The highest BCUT2D eigenvalue weighted by Crippen LogP contribution is 2.23. The third-order valence-corrected chi connectivity index (χ3v) is 5.28. The maximum atomic E-state index is 12.1. The van der Waals surface area contributed by atoms with Gasteiger partial charge in [-0.2, -0.15) is 0 Å². The molecule has 0 unspecified atom stereocenters. The van der Waals surface area contributed by atoms with Crippen molar-refractivity contribution in [2.75, 3.05) is 4.90 Å². The molecule has 11 heteroatoms. The number of rotatable bonds is 6. The Balaban J connectivity index is 1.66. The molecule has 34 heavy (non-hydrogen) atoms. The lowest BCUT2D eigenvalue weighted by Crippen LogP contribution is -2.35. The van der Waals surface area contributed by atoms with E-state index < -0.39 is 29.2 Å². The summed E-state index contributed by atoms with van der Waals surface area (Å²) in [6.07, 6.45) is 3.54. The van der Waals surface area contributed by atoms with Crippen LogP contribution in [0.15, 0.2) is 59.7 Å². The average Bonchev–Trinajstić information content (AvgIpc) is 3.24. The predicted octanol–water partition coefficient (Wildman–Crippen LogP) is 2.50. The zero-order chi connectivity index (χ0) is 24.6. The standard InChI is InChI=1S/C23H19N5O6/c1-12-8-16-17(25-19(22(32)33)20(29)26-16)9-18(12)27-7-6-13(10-27)11-28(23(24)34)15-4-2-14(3-5-15)21(30)31/h2-10H,11H2,1H3,(H2,24,34)(H,26,29)(H,30,31)(H,32,33). The van der Waals surface area contributed by atoms with Gasteiger partial charge in [0.15, 0.2) is 0 Å². The fourth-order valence-corrected chi connectivity index (χ4v) is 3.60. The molecule has 4 aromatic rings. The summed E-state index contributed by atoms with van der Waals surface area (Å²) in [5, 5.41) is 18.2. The molecule has 0 spiro atoms. The summed E-state index contributed by atoms with van der Waals surface area (Å²) < 4.78 is 1.78. The molecule has 0 radical (unpaired) electrons. The second kappa shape index (κ2) is 8.54. The number of nitrogens with one attached hydrogen (secondary N) is 1. The fraction of sp³-hybridized carbons (Fsp3) is 0.0870. The van der Waals surface area contributed by atoms with E-state index in [0.717, 1.165) is 11.1 Å². The minimum absolute atomic E-state index is 0.0899. The van der Waals surface area contributed by atoms with Crippen LogP contribution in [-0.2, 0) is 6.54 Å². The number of H-pyrrole nitrogens is 1. The van der Waals surface area contributed by atoms with E-state index in [1.807, 2.05) is 6.92 Å². The van der Waals surface area contributed by atoms with Crippen molar-refractivity contribution in [3.8, 4) is 5.69 Å². The van der Waals surface area contributed by atoms with Crippen LogP contribution in [0.3, 0.4) is 0 Å². The zero-order valence-corrected chi connectivity index (χ0v) is 17.8. The number of carbonyl (C=O) groups is 3. The number of aryl methyl sites for hydroxylation is 1. The van der Waals surface area contributed by atoms with Gasteiger partial charge in [0.2, 0.25) is 5.69 Å². The lowest BCUT2D eigenvalue weighted by atomic mass is 10.1. The number of carboxylic acid groups (broad SMARTS) is 2. The molecule has 11 nitrogen and oxygen atoms in total. The van der Waals surface area contributed by atoms with Crippen LogP contribution < -0.4 is 16.2 Å². The van der Waals surface area contributed by atoms with Gasteiger partial charge in [-0.1, -0.05) is 0 Å². The molecule has 0 fully saturated rings. The summed E-state index contributed by atoms with van der Waals surface area (Å²) in [7, 11) is 0. The Kier molecular flexibility index (Phi) is 5.60. The van der Waals surface area contributed by atoms with Gasteiger partial charge in [0.1, 0.15) is 0 Å². The molecule has 0 aliphatic carbocycles. The van der Waals surface area contributed by atoms with Gasteiger partial charge in [-0.05, 0) is 60.5 Å². The zero-order valence-electron chi connectivity index (χ0n) is 17.8. The number of hydrogen-bond donors (Lipinski definition) is 4. The highest BCUT2D eigenvalue weighted by atomic mass is 16.4. The van der Waals surface area contributed by atoms with Crippen LogP contribution in [0.1, 0.15) is 32.0 Å². The molecule has 0 aliphatic heterocycles. The number of hydrogen-bond acceptors (Lipinski definition) is 5. The summed E-state index contributed by atoms with van der Waals surface area (Å²) in [6, 6.07) is 10.2. The maximum absolute atomic E-state index is 12.1. The van der Waals surface area contributed by atoms with Crippen LogP contribution in [0.2, 0.25) is 0 Å². The second-order valence-electron chi connectivity index (χ2n) is 7.58. The first-order chi connectivity index (χ1) is 16.1. The largest absolute Gasteiger partial charge is 0.478 e. The molecule has 2 aromatic carbocycles. The van der Waals surface area contributed by atoms with Crippen molar-refractivity contribution in [1.29, 1.82) is 0 Å². The Morgan fingerprint density at radius 2 is 1.79 bits per heavy atom. The predicted molar refractivity (Wildman–Crippen MR) is 123 cm³/mol. The van der Waals surface area contributed by atoms with Crippen molar-refractivity contribution < 1.29 is 24.6 Å². The topological polar surface area (TPSA) is 172 Å². The van der Waals surface area contributed by atoms with Crippen molar-refractivity contribution in [3.63, 3.8) is 0 Å². The number of primary amides is 1. The molecule has 2 heterocycles. The number of anilines is 1. The highest BCUT2D eigenvalue weighted by Gasteiger charge is 2.16. The lowest BCUT2D eigenvalue weighted by Gasteiger charge is -2.20. The van der Waals surface area contributed by atoms with Gasteiger partial charge in [-0.25, -0.2) is 19.4 Å². The van der Waals surface area contributed by atoms with Crippen molar-refractivity contribution >= 4 is 34.7 Å². The Hall–Kier alpha value is -4.93. The summed E-state index contributed by atoms with van der Waals surface area (Å²) >= 11 is 0. The van der Waals surface area contributed by atoms with Gasteiger partial charge in [0.25, 0.3) is 5.56 Å². The maximum Gasteiger partial charge on any atom is 0.360 e. The van der Waals surface area contributed by atoms with E-state index >= 15 is 0 Å². The first-order valence-electron chi connectivity index (χ1n) is 9.99. The number of nitrogens with zero attached hydrogens (tertiary/aromatic N) is 3. The lowest BCUT2D eigenvalue weighted by molar-refractivity contribution is 0.0681. The average molecular weight is 461 g/mol. The van der Waals surface area contributed by atoms with Crippen molar-refractivity contribution in [3.05, 3.63) is 87.6 Å². The van der Waals surface area contributed by atoms with E-state index in [-0.39, 0.29) is 12.1 Å². The Morgan fingerprint density at radius 1 is 1.09 bits per heavy atom. The third-order valence-electron chi connectivity index (χ3n) is 5.28. The number of carboxylic acids is 2. The number of urea groups is 1. The smallest absolute Gasteiger partial charge is 0.360 e. The molecule has 0 bridgehead atoms. The number of nitrogens with two attached hydrogens (primary N) is 1. The molecular weight excluding hydrogens is 442 g/mol. The van der Waals surface area contributed by atoms with Gasteiger partial charge in [0, 0.05) is 18.1 Å². The number of aromatic carboxylic acids is 2. The van der Waals surface area contributed by atoms with Crippen LogP contribution in [-0.4, -0.2) is 42.7 Å². The van der Waals surface area contributed by atoms with Crippen LogP contribution in [0.5, 0.6) is 0 Å². The molecule has 4 rings (SSSR count). The minimum Gasteiger partial charge on any atom is -0.478 e. The number of aromatic nitrogens is 3. The SMILES string of the molecule is Cc1cc2[nH]c(=O)c(C(=O)O)nc2cc1-n1ccc(CN(C(N)=O)c2ccc(C(=O)O)cc2)c1. The monoisotopic (exact) mass is 461 g/mol. The molecule has 172 valence electrons.